The summed E-state index contributed by atoms with van der Waals surface area (Å²) in [5, 5.41) is 0. The minimum atomic E-state index is -3.57. The van der Waals surface area contributed by atoms with E-state index in [1.807, 2.05) is 26.0 Å². The summed E-state index contributed by atoms with van der Waals surface area (Å²) in [5.41, 5.74) is 7.53. The monoisotopic (exact) mass is 298 g/mol. The summed E-state index contributed by atoms with van der Waals surface area (Å²) in [5.74, 6) is 0. The van der Waals surface area contributed by atoms with Crippen LogP contribution in [0.25, 0.3) is 0 Å². The fraction of sp³-hybridized carbons (Fsp3) is 0.571. The van der Waals surface area contributed by atoms with Crippen molar-refractivity contribution in [2.24, 2.45) is 5.73 Å². The molecule has 6 heteroatoms. The molecule has 5 nitrogen and oxygen atoms in total. The first-order valence-corrected chi connectivity index (χ1v) is 8.30. The van der Waals surface area contributed by atoms with Crippen molar-refractivity contribution in [1.29, 1.82) is 0 Å². The zero-order chi connectivity index (χ0) is 14.9. The second kappa shape index (κ2) is 5.81. The van der Waals surface area contributed by atoms with Gasteiger partial charge in [0, 0.05) is 12.6 Å². The minimum absolute atomic E-state index is 0.130. The Hall–Kier alpha value is -0.950. The molecule has 0 aromatic heterocycles. The molecule has 1 aliphatic rings. The summed E-state index contributed by atoms with van der Waals surface area (Å²) >= 11 is 0. The Morgan fingerprint density at radius 3 is 2.70 bits per heavy atom. The van der Waals surface area contributed by atoms with Gasteiger partial charge in [-0.05, 0) is 44.4 Å². The first kappa shape index (κ1) is 15.4. The van der Waals surface area contributed by atoms with Crippen molar-refractivity contribution in [2.75, 3.05) is 6.61 Å². The summed E-state index contributed by atoms with van der Waals surface area (Å²) in [6.45, 7) is 6.10. The van der Waals surface area contributed by atoms with E-state index in [1.54, 1.807) is 13.0 Å². The molecule has 3 atom stereocenters. The van der Waals surface area contributed by atoms with Crippen LogP contribution in [0.3, 0.4) is 0 Å². The molecule has 3 N–H and O–H groups in total. The molecule has 0 heterocycles. The van der Waals surface area contributed by atoms with Gasteiger partial charge in [0.25, 0.3) is 0 Å². The molecule has 0 amide bonds. The fourth-order valence-corrected chi connectivity index (χ4v) is 4.07. The molecule has 1 saturated carbocycles. The number of benzene rings is 1. The average Bonchev–Trinajstić information content (AvgIpc) is 2.39. The molecule has 0 radical (unpaired) electrons. The van der Waals surface area contributed by atoms with E-state index in [4.69, 9.17) is 10.5 Å². The highest BCUT2D eigenvalue weighted by molar-refractivity contribution is 7.89. The van der Waals surface area contributed by atoms with E-state index >= 15 is 0 Å². The Labute approximate surface area is 120 Å². The molecule has 112 valence electrons. The largest absolute Gasteiger partial charge is 0.377 e. The van der Waals surface area contributed by atoms with Gasteiger partial charge in [0.15, 0.2) is 0 Å². The lowest BCUT2D eigenvalue weighted by atomic mass is 9.84. The van der Waals surface area contributed by atoms with Crippen LogP contribution in [0.2, 0.25) is 0 Å². The molecule has 1 fully saturated rings. The maximum atomic E-state index is 12.5. The van der Waals surface area contributed by atoms with Gasteiger partial charge in [-0.2, -0.15) is 0 Å². The van der Waals surface area contributed by atoms with E-state index in [0.29, 0.717) is 17.9 Å². The van der Waals surface area contributed by atoms with Crippen LogP contribution in [0.4, 0.5) is 0 Å². The van der Waals surface area contributed by atoms with Crippen LogP contribution in [-0.2, 0) is 14.8 Å². The molecule has 1 aromatic carbocycles. The highest BCUT2D eigenvalue weighted by atomic mass is 32.2. The van der Waals surface area contributed by atoms with Gasteiger partial charge in [0.05, 0.1) is 17.0 Å². The molecule has 3 unspecified atom stereocenters. The third-order valence-corrected chi connectivity index (χ3v) is 5.27. The first-order chi connectivity index (χ1) is 9.35. The van der Waals surface area contributed by atoms with Gasteiger partial charge in [-0.1, -0.05) is 12.1 Å². The average molecular weight is 298 g/mol. The molecule has 20 heavy (non-hydrogen) atoms. The Bertz CT molecular complexity index is 584. The van der Waals surface area contributed by atoms with Crippen molar-refractivity contribution in [1.82, 2.24) is 4.72 Å². The molecule has 0 bridgehead atoms. The van der Waals surface area contributed by atoms with Crippen LogP contribution >= 0.6 is 0 Å². The minimum Gasteiger partial charge on any atom is -0.377 e. The molecule has 2 rings (SSSR count). The number of nitrogens with two attached hydrogens (primary N) is 1. The Morgan fingerprint density at radius 2 is 2.10 bits per heavy atom. The van der Waals surface area contributed by atoms with Gasteiger partial charge in [-0.15, -0.1) is 0 Å². The summed E-state index contributed by atoms with van der Waals surface area (Å²) in [4.78, 5) is 0.312. The second-order valence-electron chi connectivity index (χ2n) is 5.31. The lowest BCUT2D eigenvalue weighted by Crippen LogP contribution is -2.64. The molecule has 1 aromatic rings. The number of rotatable bonds is 5. The van der Waals surface area contributed by atoms with Crippen LogP contribution in [0.1, 0.15) is 24.5 Å². The van der Waals surface area contributed by atoms with E-state index in [2.05, 4.69) is 4.72 Å². The standard InChI is InChI=1S/C14H22N2O3S/c1-4-19-12-8-11(15)14(12)16-20(17,18)13-7-9(2)5-6-10(13)3/h5-7,11-12,14,16H,4,8,15H2,1-3H3. The Kier molecular flexibility index (Phi) is 4.49. The number of nitrogens with one attached hydrogen (secondary N) is 1. The predicted octanol–water partition coefficient (Wildman–Crippen LogP) is 1.09. The van der Waals surface area contributed by atoms with Gasteiger partial charge in [-0.3, -0.25) is 0 Å². The normalized spacial score (nSPS) is 26.3. The van der Waals surface area contributed by atoms with E-state index in [9.17, 15) is 8.42 Å². The molecule has 0 spiro atoms. The molecule has 0 saturated heterocycles. The van der Waals surface area contributed by atoms with E-state index < -0.39 is 10.0 Å². The SMILES string of the molecule is CCOC1CC(N)C1NS(=O)(=O)c1cc(C)ccc1C. The van der Waals surface area contributed by atoms with Crippen molar-refractivity contribution in [3.63, 3.8) is 0 Å². The number of hydrogen-bond donors (Lipinski definition) is 2. The maximum Gasteiger partial charge on any atom is 0.241 e. The summed E-state index contributed by atoms with van der Waals surface area (Å²) in [6, 6.07) is 4.85. The molecule has 0 aliphatic heterocycles. The van der Waals surface area contributed by atoms with Gasteiger partial charge < -0.3 is 10.5 Å². The van der Waals surface area contributed by atoms with E-state index in [0.717, 1.165) is 11.1 Å². The first-order valence-electron chi connectivity index (χ1n) is 6.82. The van der Waals surface area contributed by atoms with Crippen molar-refractivity contribution < 1.29 is 13.2 Å². The molecular weight excluding hydrogens is 276 g/mol. The van der Waals surface area contributed by atoms with Crippen LogP contribution < -0.4 is 10.5 Å². The van der Waals surface area contributed by atoms with Crippen LogP contribution in [-0.4, -0.2) is 33.2 Å². The summed E-state index contributed by atoms with van der Waals surface area (Å²) in [6.07, 6.45) is 0.559. The number of sulfonamides is 1. The van der Waals surface area contributed by atoms with Crippen molar-refractivity contribution in [3.05, 3.63) is 29.3 Å². The second-order valence-corrected chi connectivity index (χ2v) is 6.99. The van der Waals surface area contributed by atoms with E-state index in [1.165, 1.54) is 0 Å². The predicted molar refractivity (Wildman–Crippen MR) is 78.0 cm³/mol. The third kappa shape index (κ3) is 3.03. The summed E-state index contributed by atoms with van der Waals surface area (Å²) < 4.78 is 33.1. The Balaban J connectivity index is 2.21. The quantitative estimate of drug-likeness (QED) is 0.852. The lowest BCUT2D eigenvalue weighted by Gasteiger charge is -2.42. The highest BCUT2D eigenvalue weighted by Gasteiger charge is 2.42. The smallest absolute Gasteiger partial charge is 0.241 e. The molecule has 1 aliphatic carbocycles. The third-order valence-electron chi connectivity index (χ3n) is 3.67. The van der Waals surface area contributed by atoms with Gasteiger partial charge in [0.2, 0.25) is 10.0 Å². The summed E-state index contributed by atoms with van der Waals surface area (Å²) in [7, 11) is -3.57. The Morgan fingerprint density at radius 1 is 1.40 bits per heavy atom. The van der Waals surface area contributed by atoms with Crippen LogP contribution in [0.5, 0.6) is 0 Å². The number of aryl methyl sites for hydroxylation is 2. The zero-order valence-electron chi connectivity index (χ0n) is 12.1. The highest BCUT2D eigenvalue weighted by Crippen LogP contribution is 2.25. The number of hydrogen-bond acceptors (Lipinski definition) is 4. The fourth-order valence-electron chi connectivity index (χ4n) is 2.43. The van der Waals surface area contributed by atoms with Gasteiger partial charge >= 0.3 is 0 Å². The van der Waals surface area contributed by atoms with E-state index in [-0.39, 0.29) is 18.2 Å². The van der Waals surface area contributed by atoms with Crippen molar-refractivity contribution >= 4 is 10.0 Å². The maximum absolute atomic E-state index is 12.5. The van der Waals surface area contributed by atoms with Gasteiger partial charge in [-0.25, -0.2) is 13.1 Å². The lowest BCUT2D eigenvalue weighted by molar-refractivity contribution is -0.0248. The van der Waals surface area contributed by atoms with Crippen LogP contribution in [0, 0.1) is 13.8 Å². The number of ether oxygens (including phenoxy) is 1. The molecular formula is C14H22N2O3S. The topological polar surface area (TPSA) is 81.4 Å². The zero-order valence-corrected chi connectivity index (χ0v) is 12.9. The van der Waals surface area contributed by atoms with Crippen molar-refractivity contribution in [2.45, 2.75) is 50.3 Å². The van der Waals surface area contributed by atoms with Crippen molar-refractivity contribution in [3.8, 4) is 0 Å². The van der Waals surface area contributed by atoms with Gasteiger partial charge in [0.1, 0.15) is 0 Å². The van der Waals surface area contributed by atoms with Crippen LogP contribution in [0.15, 0.2) is 23.1 Å².